The largest absolute Gasteiger partial charge is 0.396 e. The summed E-state index contributed by atoms with van der Waals surface area (Å²) in [4.78, 5) is 11.6. The average molecular weight is 518 g/mol. The summed E-state index contributed by atoms with van der Waals surface area (Å²) in [5.41, 5.74) is 1.31. The van der Waals surface area contributed by atoms with E-state index in [0.717, 1.165) is 15.2 Å². The van der Waals surface area contributed by atoms with Crippen molar-refractivity contribution in [3.05, 3.63) is 68.8 Å². The lowest BCUT2D eigenvalue weighted by Crippen LogP contribution is -2.48. The van der Waals surface area contributed by atoms with Gasteiger partial charge in [-0.05, 0) is 70.8 Å². The Morgan fingerprint density at radius 3 is 2.45 bits per heavy atom. The molecule has 0 aromatic heterocycles. The molecular formula is C21H25F2IN2O3. The molecule has 2 aromatic carbocycles. The standard InChI is InChI=1S/C21H25F2IN2O3/c1-13(28)26-20(9-14-7-16(22)11-17(23)8-14)21(29)12-25-19(5-6-27)15-3-2-4-18(24)10-15/h2-4,7-8,10-11,19-21,25,27,29H,5-6,9,12H2,1H3,(H,26,28)/t19-,20?,21+/m0/s1. The maximum atomic E-state index is 13.5. The molecule has 1 amide bonds. The number of aliphatic hydroxyl groups excluding tert-OH is 2. The number of hydrogen-bond donors (Lipinski definition) is 4. The van der Waals surface area contributed by atoms with Crippen molar-refractivity contribution in [3.63, 3.8) is 0 Å². The second kappa shape index (κ2) is 11.5. The lowest BCUT2D eigenvalue weighted by atomic mass is 9.99. The van der Waals surface area contributed by atoms with E-state index in [-0.39, 0.29) is 31.5 Å². The lowest BCUT2D eigenvalue weighted by molar-refractivity contribution is -0.120. The molecule has 0 aliphatic carbocycles. The Kier molecular flexibility index (Phi) is 9.41. The topological polar surface area (TPSA) is 81.6 Å². The van der Waals surface area contributed by atoms with Gasteiger partial charge in [-0.2, -0.15) is 0 Å². The first-order valence-electron chi connectivity index (χ1n) is 9.28. The Morgan fingerprint density at radius 1 is 1.17 bits per heavy atom. The van der Waals surface area contributed by atoms with E-state index in [1.54, 1.807) is 0 Å². The van der Waals surface area contributed by atoms with Crippen molar-refractivity contribution in [3.8, 4) is 0 Å². The van der Waals surface area contributed by atoms with Gasteiger partial charge in [-0.3, -0.25) is 4.79 Å². The third-order valence-electron chi connectivity index (χ3n) is 4.47. The van der Waals surface area contributed by atoms with Gasteiger partial charge in [0.25, 0.3) is 0 Å². The second-order valence-electron chi connectivity index (χ2n) is 6.88. The number of carbonyl (C=O) groups excluding carboxylic acids is 1. The summed E-state index contributed by atoms with van der Waals surface area (Å²) in [6, 6.07) is 10.0. The molecule has 2 aromatic rings. The molecule has 8 heteroatoms. The highest BCUT2D eigenvalue weighted by molar-refractivity contribution is 14.1. The van der Waals surface area contributed by atoms with Crippen LogP contribution in [-0.4, -0.2) is 41.4 Å². The minimum absolute atomic E-state index is 0.0308. The van der Waals surface area contributed by atoms with Crippen LogP contribution in [0.3, 0.4) is 0 Å². The molecule has 2 rings (SSSR count). The van der Waals surface area contributed by atoms with E-state index in [1.165, 1.54) is 19.1 Å². The van der Waals surface area contributed by atoms with Gasteiger partial charge in [0.05, 0.1) is 12.1 Å². The van der Waals surface area contributed by atoms with Gasteiger partial charge >= 0.3 is 0 Å². The van der Waals surface area contributed by atoms with Crippen molar-refractivity contribution in [1.29, 1.82) is 0 Å². The molecule has 0 bridgehead atoms. The zero-order valence-electron chi connectivity index (χ0n) is 16.0. The first kappa shape index (κ1) is 23.7. The highest BCUT2D eigenvalue weighted by Crippen LogP contribution is 2.19. The summed E-state index contributed by atoms with van der Waals surface area (Å²) in [5, 5.41) is 25.9. The zero-order valence-corrected chi connectivity index (χ0v) is 18.2. The molecule has 0 radical (unpaired) electrons. The van der Waals surface area contributed by atoms with Crippen molar-refractivity contribution < 1.29 is 23.8 Å². The third kappa shape index (κ3) is 7.96. The fourth-order valence-electron chi connectivity index (χ4n) is 3.17. The third-order valence-corrected chi connectivity index (χ3v) is 5.14. The van der Waals surface area contributed by atoms with Crippen LogP contribution in [0.4, 0.5) is 8.78 Å². The molecule has 158 valence electrons. The first-order valence-corrected chi connectivity index (χ1v) is 10.4. The molecule has 0 saturated heterocycles. The quantitative estimate of drug-likeness (QED) is 0.365. The minimum atomic E-state index is -1.01. The van der Waals surface area contributed by atoms with E-state index in [4.69, 9.17) is 0 Å². The summed E-state index contributed by atoms with van der Waals surface area (Å²) < 4.78 is 28.0. The first-order chi connectivity index (χ1) is 13.8. The Morgan fingerprint density at radius 2 is 1.86 bits per heavy atom. The Labute approximate surface area is 182 Å². The summed E-state index contributed by atoms with van der Waals surface area (Å²) in [5.74, 6) is -1.78. The highest BCUT2D eigenvalue weighted by atomic mass is 127. The molecule has 0 aliphatic heterocycles. The van der Waals surface area contributed by atoms with Crippen LogP contribution >= 0.6 is 22.6 Å². The molecule has 0 aliphatic rings. The number of carbonyl (C=O) groups is 1. The normalized spacial score (nSPS) is 14.3. The van der Waals surface area contributed by atoms with E-state index in [2.05, 4.69) is 33.2 Å². The number of nitrogens with one attached hydrogen (secondary N) is 2. The Hall–Kier alpha value is -1.62. The highest BCUT2D eigenvalue weighted by Gasteiger charge is 2.23. The maximum Gasteiger partial charge on any atom is 0.217 e. The summed E-state index contributed by atoms with van der Waals surface area (Å²) >= 11 is 2.20. The van der Waals surface area contributed by atoms with Gasteiger partial charge in [0.2, 0.25) is 5.91 Å². The second-order valence-corrected chi connectivity index (χ2v) is 8.13. The van der Waals surface area contributed by atoms with Gasteiger partial charge in [-0.1, -0.05) is 12.1 Å². The van der Waals surface area contributed by atoms with Crippen LogP contribution in [0.5, 0.6) is 0 Å². The zero-order chi connectivity index (χ0) is 21.4. The van der Waals surface area contributed by atoms with E-state index >= 15 is 0 Å². The van der Waals surface area contributed by atoms with Crippen LogP contribution in [0.25, 0.3) is 0 Å². The van der Waals surface area contributed by atoms with Crippen molar-refractivity contribution in [2.24, 2.45) is 0 Å². The monoisotopic (exact) mass is 518 g/mol. The Balaban J connectivity index is 2.09. The van der Waals surface area contributed by atoms with E-state index < -0.39 is 23.8 Å². The van der Waals surface area contributed by atoms with Gasteiger partial charge in [0.1, 0.15) is 11.6 Å². The predicted molar refractivity (Wildman–Crippen MR) is 115 cm³/mol. The van der Waals surface area contributed by atoms with Crippen LogP contribution in [0.1, 0.15) is 30.5 Å². The number of aliphatic hydroxyl groups is 2. The van der Waals surface area contributed by atoms with Gasteiger partial charge in [0.15, 0.2) is 0 Å². The number of rotatable bonds is 10. The molecule has 0 heterocycles. The van der Waals surface area contributed by atoms with E-state index in [1.807, 2.05) is 24.3 Å². The van der Waals surface area contributed by atoms with Crippen molar-refractivity contribution in [2.75, 3.05) is 13.2 Å². The van der Waals surface area contributed by atoms with E-state index in [0.29, 0.717) is 12.0 Å². The minimum Gasteiger partial charge on any atom is -0.396 e. The summed E-state index contributed by atoms with van der Waals surface area (Å²) in [6.45, 7) is 1.41. The maximum absolute atomic E-state index is 13.5. The molecule has 1 unspecified atom stereocenters. The van der Waals surface area contributed by atoms with E-state index in [9.17, 15) is 23.8 Å². The van der Waals surface area contributed by atoms with Crippen molar-refractivity contribution in [1.82, 2.24) is 10.6 Å². The smallest absolute Gasteiger partial charge is 0.217 e. The van der Waals surface area contributed by atoms with Crippen LogP contribution in [0.2, 0.25) is 0 Å². The van der Waals surface area contributed by atoms with Crippen molar-refractivity contribution in [2.45, 2.75) is 38.0 Å². The molecule has 29 heavy (non-hydrogen) atoms. The number of amides is 1. The molecule has 0 fully saturated rings. The van der Waals surface area contributed by atoms with Gasteiger partial charge < -0.3 is 20.8 Å². The SMILES string of the molecule is CC(=O)NC(Cc1cc(F)cc(F)c1)[C@H](O)CN[C@@H](CCO)c1cccc(I)c1. The average Bonchev–Trinajstić information content (AvgIpc) is 2.63. The Bertz CT molecular complexity index is 802. The van der Waals surface area contributed by atoms with Gasteiger partial charge in [-0.15, -0.1) is 0 Å². The van der Waals surface area contributed by atoms with Gasteiger partial charge in [-0.25, -0.2) is 8.78 Å². The molecule has 4 N–H and O–H groups in total. The molecule has 0 spiro atoms. The number of hydrogen-bond acceptors (Lipinski definition) is 4. The summed E-state index contributed by atoms with van der Waals surface area (Å²) in [6.07, 6.45) is -0.480. The predicted octanol–water partition coefficient (Wildman–Crippen LogP) is 2.69. The molecule has 5 nitrogen and oxygen atoms in total. The fraction of sp³-hybridized carbons (Fsp3) is 0.381. The van der Waals surface area contributed by atoms with Crippen LogP contribution in [0.15, 0.2) is 42.5 Å². The number of halogens is 3. The number of benzene rings is 2. The molecule has 0 saturated carbocycles. The fourth-order valence-corrected chi connectivity index (χ4v) is 3.74. The van der Waals surface area contributed by atoms with Crippen LogP contribution in [0, 0.1) is 15.2 Å². The lowest BCUT2D eigenvalue weighted by Gasteiger charge is -2.27. The summed E-state index contributed by atoms with van der Waals surface area (Å²) in [7, 11) is 0. The molecule has 3 atom stereocenters. The van der Waals surface area contributed by atoms with Gasteiger partial charge in [0, 0.05) is 35.8 Å². The van der Waals surface area contributed by atoms with Crippen molar-refractivity contribution >= 4 is 28.5 Å². The van der Waals surface area contributed by atoms with Crippen LogP contribution < -0.4 is 10.6 Å². The molecular weight excluding hydrogens is 493 g/mol. The van der Waals surface area contributed by atoms with Crippen LogP contribution in [-0.2, 0) is 11.2 Å².